The van der Waals surface area contributed by atoms with Crippen LogP contribution >= 0.6 is 0 Å². The summed E-state index contributed by atoms with van der Waals surface area (Å²) in [4.78, 5) is 25.8. The highest BCUT2D eigenvalue weighted by atomic mass is 16.2. The highest BCUT2D eigenvalue weighted by molar-refractivity contribution is 5.97. The molecule has 1 fully saturated rings. The van der Waals surface area contributed by atoms with Gasteiger partial charge in [-0.25, -0.2) is 0 Å². The third-order valence-corrected chi connectivity index (χ3v) is 5.27. The molecule has 4 rings (SSSR count). The topological polar surface area (TPSA) is 105 Å². The number of hydrogen-bond acceptors (Lipinski definition) is 5. The molecule has 8 nitrogen and oxygen atoms in total. The summed E-state index contributed by atoms with van der Waals surface area (Å²) in [6.07, 6.45) is 6.23. The smallest absolute Gasteiger partial charge is 0.276 e. The molecular weight excluding hydrogens is 332 g/mol. The van der Waals surface area contributed by atoms with E-state index in [0.29, 0.717) is 17.1 Å². The third-order valence-electron chi connectivity index (χ3n) is 5.27. The van der Waals surface area contributed by atoms with Gasteiger partial charge in [0.25, 0.3) is 11.5 Å². The van der Waals surface area contributed by atoms with Crippen molar-refractivity contribution in [1.82, 2.24) is 19.7 Å². The zero-order valence-electron chi connectivity index (χ0n) is 14.8. The Morgan fingerprint density at radius 2 is 2.00 bits per heavy atom. The van der Waals surface area contributed by atoms with E-state index in [-0.39, 0.29) is 17.2 Å². The van der Waals surface area contributed by atoms with Crippen molar-refractivity contribution in [2.45, 2.75) is 44.7 Å². The van der Waals surface area contributed by atoms with E-state index in [1.54, 1.807) is 23.9 Å². The largest absolute Gasteiger partial charge is 0.347 e. The second-order valence-corrected chi connectivity index (χ2v) is 7.08. The molecule has 1 amide bonds. The van der Waals surface area contributed by atoms with Crippen molar-refractivity contribution in [1.29, 1.82) is 5.26 Å². The molecule has 0 radical (unpaired) electrons. The van der Waals surface area contributed by atoms with Gasteiger partial charge in [-0.15, -0.1) is 0 Å². The molecular formula is C18H20N6O2. The lowest BCUT2D eigenvalue weighted by molar-refractivity contribution is 0.0876. The van der Waals surface area contributed by atoms with Gasteiger partial charge in [-0.2, -0.15) is 10.4 Å². The maximum atomic E-state index is 13.2. The molecule has 0 aromatic carbocycles. The monoisotopic (exact) mass is 352 g/mol. The number of aryl methyl sites for hydroxylation is 2. The first-order chi connectivity index (χ1) is 12.4. The van der Waals surface area contributed by atoms with E-state index in [2.05, 4.69) is 15.7 Å². The van der Waals surface area contributed by atoms with Crippen molar-refractivity contribution < 1.29 is 4.79 Å². The Kier molecular flexibility index (Phi) is 3.61. The Balaban J connectivity index is 1.86. The zero-order valence-corrected chi connectivity index (χ0v) is 14.8. The Labute approximate surface area is 150 Å². The van der Waals surface area contributed by atoms with Gasteiger partial charge in [0.15, 0.2) is 5.69 Å². The molecule has 3 heterocycles. The molecule has 0 bridgehead atoms. The van der Waals surface area contributed by atoms with E-state index in [1.807, 2.05) is 13.0 Å². The number of rotatable bonds is 2. The second-order valence-electron chi connectivity index (χ2n) is 7.08. The molecule has 1 spiro atoms. The van der Waals surface area contributed by atoms with Gasteiger partial charge in [-0.3, -0.25) is 18.8 Å². The number of aromatic nitrogens is 3. The average molecular weight is 352 g/mol. The highest BCUT2D eigenvalue weighted by Crippen LogP contribution is 2.37. The summed E-state index contributed by atoms with van der Waals surface area (Å²) < 4.78 is 3.15. The molecule has 1 saturated carbocycles. The van der Waals surface area contributed by atoms with Crippen LogP contribution in [0.25, 0.3) is 0 Å². The van der Waals surface area contributed by atoms with Gasteiger partial charge in [0.1, 0.15) is 23.1 Å². The molecule has 2 aliphatic rings. The van der Waals surface area contributed by atoms with Crippen LogP contribution in [0.4, 0.5) is 11.4 Å². The number of fused-ring (bicyclic) bond motifs is 2. The summed E-state index contributed by atoms with van der Waals surface area (Å²) >= 11 is 0. The van der Waals surface area contributed by atoms with Crippen LogP contribution in [0, 0.1) is 18.3 Å². The van der Waals surface area contributed by atoms with Crippen molar-refractivity contribution in [2.75, 3.05) is 5.32 Å². The number of hydrogen-bond donors (Lipinski definition) is 2. The molecule has 1 aliphatic heterocycles. The number of anilines is 2. The molecule has 8 heteroatoms. The number of nitrogens with zero attached hydrogens (tertiary/aromatic N) is 4. The van der Waals surface area contributed by atoms with Gasteiger partial charge in [0.05, 0.1) is 5.69 Å². The lowest BCUT2D eigenvalue weighted by Crippen LogP contribution is -2.48. The van der Waals surface area contributed by atoms with Gasteiger partial charge >= 0.3 is 0 Å². The maximum absolute atomic E-state index is 13.2. The molecule has 0 saturated heterocycles. The van der Waals surface area contributed by atoms with Crippen LogP contribution in [0.3, 0.4) is 0 Å². The second kappa shape index (κ2) is 5.73. The number of pyridine rings is 1. The van der Waals surface area contributed by atoms with E-state index >= 15 is 0 Å². The molecule has 1 aliphatic carbocycles. The van der Waals surface area contributed by atoms with Crippen LogP contribution in [-0.2, 0) is 12.7 Å². The summed E-state index contributed by atoms with van der Waals surface area (Å²) in [5.74, 6) is -0.188. The number of nitriles is 1. The Hall–Kier alpha value is -3.08. The molecule has 0 unspecified atom stereocenters. The minimum absolute atomic E-state index is 0.188. The average Bonchev–Trinajstić information content (AvgIpc) is 3.10. The van der Waals surface area contributed by atoms with Crippen molar-refractivity contribution in [3.05, 3.63) is 39.6 Å². The lowest BCUT2D eigenvalue weighted by atomic mass is 9.89. The fourth-order valence-corrected chi connectivity index (χ4v) is 4.14. The maximum Gasteiger partial charge on any atom is 0.276 e. The number of nitrogens with one attached hydrogen (secondary N) is 2. The Morgan fingerprint density at radius 3 is 2.69 bits per heavy atom. The van der Waals surface area contributed by atoms with Crippen molar-refractivity contribution >= 4 is 17.3 Å². The first-order valence-electron chi connectivity index (χ1n) is 8.75. The van der Waals surface area contributed by atoms with E-state index in [9.17, 15) is 14.9 Å². The van der Waals surface area contributed by atoms with Crippen LogP contribution in [0.15, 0.2) is 17.1 Å². The van der Waals surface area contributed by atoms with Crippen LogP contribution < -0.4 is 16.2 Å². The highest BCUT2D eigenvalue weighted by Gasteiger charge is 2.45. The van der Waals surface area contributed by atoms with Crippen LogP contribution in [0.1, 0.15) is 53.8 Å². The van der Waals surface area contributed by atoms with E-state index in [0.717, 1.165) is 37.7 Å². The van der Waals surface area contributed by atoms with E-state index in [1.165, 1.54) is 4.68 Å². The van der Waals surface area contributed by atoms with Crippen molar-refractivity contribution in [3.8, 4) is 6.07 Å². The first-order valence-corrected chi connectivity index (χ1v) is 8.75. The lowest BCUT2D eigenvalue weighted by Gasteiger charge is -2.35. The summed E-state index contributed by atoms with van der Waals surface area (Å²) in [5, 5.41) is 19.4. The quantitative estimate of drug-likeness (QED) is 0.858. The Bertz CT molecular complexity index is 1000. The SMILES string of the molecule is Cc1cc(Nc2cn(C)nc2C#N)c(=O)n2c1C(=O)NC21CCCCC1. The van der Waals surface area contributed by atoms with Crippen molar-refractivity contribution in [3.63, 3.8) is 0 Å². The summed E-state index contributed by atoms with van der Waals surface area (Å²) in [6, 6.07) is 3.69. The zero-order chi connectivity index (χ0) is 18.5. The van der Waals surface area contributed by atoms with Gasteiger partial charge in [0.2, 0.25) is 0 Å². The van der Waals surface area contributed by atoms with Crippen LogP contribution in [0.2, 0.25) is 0 Å². The standard InChI is InChI=1S/C18H20N6O2/c1-11-8-12(20-14-10-23(2)22-13(14)9-19)17(26)24-15(11)16(25)21-18(24)6-4-3-5-7-18/h8,10,20H,3-7H2,1-2H3,(H,21,25). The minimum atomic E-state index is -0.628. The predicted octanol–water partition coefficient (Wildman–Crippen LogP) is 1.87. The molecule has 134 valence electrons. The summed E-state index contributed by atoms with van der Waals surface area (Å²) in [6.45, 7) is 1.83. The normalized spacial score (nSPS) is 17.7. The van der Waals surface area contributed by atoms with Gasteiger partial charge in [0, 0.05) is 13.2 Å². The number of amides is 1. The fourth-order valence-electron chi connectivity index (χ4n) is 4.14. The first kappa shape index (κ1) is 16.4. The van der Waals surface area contributed by atoms with Crippen LogP contribution in [-0.4, -0.2) is 20.3 Å². The third kappa shape index (κ3) is 2.31. The molecule has 2 aromatic heterocycles. The molecule has 2 N–H and O–H groups in total. The molecule has 2 aromatic rings. The number of carbonyl (C=O) groups excluding carboxylic acids is 1. The van der Waals surface area contributed by atoms with E-state index in [4.69, 9.17) is 0 Å². The summed E-state index contributed by atoms with van der Waals surface area (Å²) in [5.41, 5.74) is 1.33. The fraction of sp³-hybridized carbons (Fsp3) is 0.444. The number of carbonyl (C=O) groups is 1. The predicted molar refractivity (Wildman–Crippen MR) is 95.2 cm³/mol. The Morgan fingerprint density at radius 1 is 1.27 bits per heavy atom. The molecule has 26 heavy (non-hydrogen) atoms. The summed E-state index contributed by atoms with van der Waals surface area (Å²) in [7, 11) is 1.71. The van der Waals surface area contributed by atoms with Gasteiger partial charge in [-0.1, -0.05) is 6.42 Å². The van der Waals surface area contributed by atoms with E-state index < -0.39 is 5.66 Å². The van der Waals surface area contributed by atoms with Crippen molar-refractivity contribution in [2.24, 2.45) is 7.05 Å². The minimum Gasteiger partial charge on any atom is -0.347 e. The molecule has 0 atom stereocenters. The van der Waals surface area contributed by atoms with Gasteiger partial charge < -0.3 is 10.6 Å². The van der Waals surface area contributed by atoms with Crippen LogP contribution in [0.5, 0.6) is 0 Å². The van der Waals surface area contributed by atoms with Gasteiger partial charge in [-0.05, 0) is 44.2 Å².